The Hall–Kier alpha value is -3.85. The van der Waals surface area contributed by atoms with E-state index in [-0.39, 0.29) is 0 Å². The first kappa shape index (κ1) is 18.2. The zero-order valence-electron chi connectivity index (χ0n) is 17.1. The van der Waals surface area contributed by atoms with Gasteiger partial charge < -0.3 is 10.6 Å². The number of hydrogen-bond donors (Lipinski definition) is 1. The van der Waals surface area contributed by atoms with Crippen molar-refractivity contribution in [3.8, 4) is 22.4 Å². The van der Waals surface area contributed by atoms with E-state index >= 15 is 0 Å². The van der Waals surface area contributed by atoms with Crippen LogP contribution in [0.3, 0.4) is 0 Å². The number of rotatable bonds is 3. The van der Waals surface area contributed by atoms with Gasteiger partial charge in [-0.25, -0.2) is 4.98 Å². The molecule has 2 N–H and O–H groups in total. The van der Waals surface area contributed by atoms with Crippen molar-refractivity contribution >= 4 is 33.1 Å². The quantitative estimate of drug-likeness (QED) is 0.288. The third-order valence-electron chi connectivity index (χ3n) is 5.60. The maximum Gasteiger partial charge on any atom is 0.0722 e. The van der Waals surface area contributed by atoms with Gasteiger partial charge in [-0.1, -0.05) is 54.6 Å². The van der Waals surface area contributed by atoms with Gasteiger partial charge in [0.1, 0.15) is 0 Å². The van der Waals surface area contributed by atoms with Crippen LogP contribution in [0.15, 0.2) is 91.0 Å². The Balaban J connectivity index is 1.80. The zero-order chi connectivity index (χ0) is 20.7. The minimum absolute atomic E-state index is 0.765. The summed E-state index contributed by atoms with van der Waals surface area (Å²) in [5.41, 5.74) is 13.3. The molecular formula is C27H23N3. The number of pyridine rings is 1. The van der Waals surface area contributed by atoms with Gasteiger partial charge in [-0.3, -0.25) is 0 Å². The van der Waals surface area contributed by atoms with Crippen LogP contribution in [0.2, 0.25) is 0 Å². The molecule has 0 atom stereocenters. The summed E-state index contributed by atoms with van der Waals surface area (Å²) in [7, 11) is 4.10. The molecule has 0 spiro atoms. The number of nitrogen functional groups attached to an aromatic ring is 1. The molecule has 5 aromatic rings. The summed E-state index contributed by atoms with van der Waals surface area (Å²) in [6, 6.07) is 31.6. The van der Waals surface area contributed by atoms with Crippen LogP contribution in [-0.4, -0.2) is 19.1 Å². The predicted octanol–water partition coefficient (Wildman–Crippen LogP) is 6.37. The first-order chi connectivity index (χ1) is 14.6. The standard InChI is InChI=1S/C27H23N3/c1-30(2)22-14-9-20(10-15-22)26-17-24(19-7-12-21(28)13-8-19)27-23-6-4-3-5-18(23)11-16-25(27)29-26/h3-17H,28H2,1-2H3. The average Bonchev–Trinajstić information content (AvgIpc) is 2.78. The SMILES string of the molecule is CN(C)c1ccc(-c2cc(-c3ccc(N)cc3)c3c(ccc4ccccc43)n2)cc1. The Kier molecular flexibility index (Phi) is 4.36. The monoisotopic (exact) mass is 389 g/mol. The summed E-state index contributed by atoms with van der Waals surface area (Å²) < 4.78 is 0. The van der Waals surface area contributed by atoms with Crippen molar-refractivity contribution in [1.29, 1.82) is 0 Å². The van der Waals surface area contributed by atoms with E-state index in [0.717, 1.165) is 28.0 Å². The van der Waals surface area contributed by atoms with Crippen molar-refractivity contribution < 1.29 is 0 Å². The lowest BCUT2D eigenvalue weighted by Crippen LogP contribution is -2.07. The average molecular weight is 390 g/mol. The molecule has 4 aromatic carbocycles. The summed E-state index contributed by atoms with van der Waals surface area (Å²) in [4.78, 5) is 7.14. The highest BCUT2D eigenvalue weighted by atomic mass is 15.1. The summed E-state index contributed by atoms with van der Waals surface area (Å²) >= 11 is 0. The molecule has 0 amide bonds. The van der Waals surface area contributed by atoms with E-state index in [1.807, 2.05) is 26.2 Å². The molecule has 0 unspecified atom stereocenters. The molecule has 3 heteroatoms. The molecule has 0 radical (unpaired) electrons. The molecule has 1 aromatic heterocycles. The maximum atomic E-state index is 5.95. The largest absolute Gasteiger partial charge is 0.399 e. The molecule has 3 nitrogen and oxygen atoms in total. The molecule has 0 saturated carbocycles. The van der Waals surface area contributed by atoms with Gasteiger partial charge in [0.2, 0.25) is 0 Å². The fraction of sp³-hybridized carbons (Fsp3) is 0.0741. The first-order valence-corrected chi connectivity index (χ1v) is 10.1. The van der Waals surface area contributed by atoms with Crippen LogP contribution in [0.1, 0.15) is 0 Å². The van der Waals surface area contributed by atoms with Crippen LogP contribution in [0, 0.1) is 0 Å². The highest BCUT2D eigenvalue weighted by molar-refractivity contribution is 6.13. The molecule has 146 valence electrons. The van der Waals surface area contributed by atoms with Crippen LogP contribution in [0.4, 0.5) is 11.4 Å². The highest BCUT2D eigenvalue weighted by Gasteiger charge is 2.13. The van der Waals surface area contributed by atoms with Crippen LogP contribution in [0.5, 0.6) is 0 Å². The second-order valence-electron chi connectivity index (χ2n) is 7.80. The minimum Gasteiger partial charge on any atom is -0.399 e. The lowest BCUT2D eigenvalue weighted by Gasteiger charge is -2.15. The summed E-state index contributed by atoms with van der Waals surface area (Å²) in [6.07, 6.45) is 0. The van der Waals surface area contributed by atoms with E-state index < -0.39 is 0 Å². The predicted molar refractivity (Wildman–Crippen MR) is 129 cm³/mol. The van der Waals surface area contributed by atoms with E-state index in [0.29, 0.717) is 0 Å². The summed E-state index contributed by atoms with van der Waals surface area (Å²) in [6.45, 7) is 0. The minimum atomic E-state index is 0.765. The van der Waals surface area contributed by atoms with Crippen LogP contribution < -0.4 is 10.6 Å². The molecular weight excluding hydrogens is 366 g/mol. The molecule has 5 rings (SSSR count). The van der Waals surface area contributed by atoms with Crippen LogP contribution in [-0.2, 0) is 0 Å². The van der Waals surface area contributed by atoms with Gasteiger partial charge in [0, 0.05) is 36.4 Å². The molecule has 30 heavy (non-hydrogen) atoms. The van der Waals surface area contributed by atoms with Gasteiger partial charge in [-0.05, 0) is 58.3 Å². The third kappa shape index (κ3) is 3.15. The number of nitrogens with two attached hydrogens (primary N) is 1. The van der Waals surface area contributed by atoms with Crippen molar-refractivity contribution in [2.45, 2.75) is 0 Å². The van der Waals surface area contributed by atoms with Gasteiger partial charge in [0.25, 0.3) is 0 Å². The number of aromatic nitrogens is 1. The van der Waals surface area contributed by atoms with Crippen molar-refractivity contribution in [2.24, 2.45) is 0 Å². The van der Waals surface area contributed by atoms with Gasteiger partial charge >= 0.3 is 0 Å². The fourth-order valence-corrected chi connectivity index (χ4v) is 3.98. The van der Waals surface area contributed by atoms with E-state index in [4.69, 9.17) is 10.7 Å². The molecule has 0 bridgehead atoms. The van der Waals surface area contributed by atoms with Gasteiger partial charge in [-0.2, -0.15) is 0 Å². The van der Waals surface area contributed by atoms with E-state index in [9.17, 15) is 0 Å². The van der Waals surface area contributed by atoms with E-state index in [1.54, 1.807) is 0 Å². The Morgan fingerprint density at radius 2 is 1.43 bits per heavy atom. The Morgan fingerprint density at radius 1 is 0.733 bits per heavy atom. The zero-order valence-corrected chi connectivity index (χ0v) is 17.1. The lowest BCUT2D eigenvalue weighted by atomic mass is 9.94. The lowest BCUT2D eigenvalue weighted by molar-refractivity contribution is 1.13. The van der Waals surface area contributed by atoms with Gasteiger partial charge in [0.05, 0.1) is 11.2 Å². The van der Waals surface area contributed by atoms with Crippen LogP contribution >= 0.6 is 0 Å². The maximum absolute atomic E-state index is 5.95. The van der Waals surface area contributed by atoms with Crippen molar-refractivity contribution in [2.75, 3.05) is 24.7 Å². The van der Waals surface area contributed by atoms with Gasteiger partial charge in [0.15, 0.2) is 0 Å². The topological polar surface area (TPSA) is 42.1 Å². The summed E-state index contributed by atoms with van der Waals surface area (Å²) in [5.74, 6) is 0. The number of anilines is 2. The number of hydrogen-bond acceptors (Lipinski definition) is 3. The fourth-order valence-electron chi connectivity index (χ4n) is 3.98. The van der Waals surface area contributed by atoms with E-state index in [2.05, 4.69) is 83.8 Å². The van der Waals surface area contributed by atoms with Gasteiger partial charge in [-0.15, -0.1) is 0 Å². The Labute approximate surface area is 176 Å². The molecule has 0 saturated heterocycles. The molecule has 0 aliphatic carbocycles. The van der Waals surface area contributed by atoms with Crippen molar-refractivity contribution in [1.82, 2.24) is 4.98 Å². The normalized spacial score (nSPS) is 11.1. The Morgan fingerprint density at radius 3 is 2.17 bits per heavy atom. The number of fused-ring (bicyclic) bond motifs is 3. The summed E-state index contributed by atoms with van der Waals surface area (Å²) in [5, 5.41) is 3.60. The van der Waals surface area contributed by atoms with E-state index in [1.165, 1.54) is 27.4 Å². The second kappa shape index (κ2) is 7.20. The number of nitrogens with zero attached hydrogens (tertiary/aromatic N) is 2. The second-order valence-corrected chi connectivity index (χ2v) is 7.80. The molecule has 0 aliphatic heterocycles. The third-order valence-corrected chi connectivity index (χ3v) is 5.60. The molecule has 0 aliphatic rings. The smallest absolute Gasteiger partial charge is 0.0722 e. The number of benzene rings is 4. The van der Waals surface area contributed by atoms with Crippen LogP contribution in [0.25, 0.3) is 44.1 Å². The van der Waals surface area contributed by atoms with Crippen molar-refractivity contribution in [3.63, 3.8) is 0 Å². The highest BCUT2D eigenvalue weighted by Crippen LogP contribution is 2.37. The Bertz CT molecular complexity index is 1350. The first-order valence-electron chi connectivity index (χ1n) is 10.1. The van der Waals surface area contributed by atoms with Crippen molar-refractivity contribution in [3.05, 3.63) is 91.0 Å². The molecule has 0 fully saturated rings. The molecule has 1 heterocycles.